The molecule has 1 atom stereocenters. The molecule has 4 nitrogen and oxygen atoms in total. The second-order valence-electron chi connectivity index (χ2n) is 5.69. The Hall–Kier alpha value is -3.31. The van der Waals surface area contributed by atoms with Crippen molar-refractivity contribution in [2.75, 3.05) is 0 Å². The Balaban J connectivity index is 1.43. The minimum atomic E-state index is -0.430. The van der Waals surface area contributed by atoms with Crippen LogP contribution in [0.2, 0.25) is 0 Å². The lowest BCUT2D eigenvalue weighted by Crippen LogP contribution is -2.12. The van der Waals surface area contributed by atoms with Crippen molar-refractivity contribution in [3.05, 3.63) is 102 Å². The van der Waals surface area contributed by atoms with E-state index in [2.05, 4.69) is 5.48 Å². The van der Waals surface area contributed by atoms with Gasteiger partial charge in [-0.2, -0.15) is 0 Å². The standard InChI is InChI=1S/C21H16FNO3/c22-18-8-4-5-9-19(18)25-21-14-20(26-23-21)15-10-12-17(13-11-15)24-16-6-2-1-3-7-16/h1-14,20,23H/t20-/m0/s1. The monoisotopic (exact) mass is 349 g/mol. The van der Waals surface area contributed by atoms with Crippen LogP contribution in [0.15, 0.2) is 90.8 Å². The Labute approximate surface area is 150 Å². The van der Waals surface area contributed by atoms with E-state index in [9.17, 15) is 4.39 Å². The van der Waals surface area contributed by atoms with Crippen molar-refractivity contribution in [2.24, 2.45) is 0 Å². The molecule has 5 heteroatoms. The number of halogens is 1. The average molecular weight is 349 g/mol. The van der Waals surface area contributed by atoms with Crippen molar-refractivity contribution >= 4 is 0 Å². The van der Waals surface area contributed by atoms with Crippen LogP contribution in [-0.4, -0.2) is 0 Å². The van der Waals surface area contributed by atoms with Crippen LogP contribution in [0.25, 0.3) is 0 Å². The van der Waals surface area contributed by atoms with E-state index in [1.807, 2.05) is 54.6 Å². The SMILES string of the molecule is Fc1ccccc1OC1=C[C@@H](c2ccc(Oc3ccccc3)cc2)ON1. The predicted molar refractivity (Wildman–Crippen MR) is 95.0 cm³/mol. The van der Waals surface area contributed by atoms with Gasteiger partial charge in [-0.25, -0.2) is 9.87 Å². The van der Waals surface area contributed by atoms with E-state index in [4.69, 9.17) is 14.3 Å². The zero-order valence-corrected chi connectivity index (χ0v) is 13.8. The second kappa shape index (κ2) is 7.29. The normalized spacial score (nSPS) is 15.9. The van der Waals surface area contributed by atoms with Gasteiger partial charge in [-0.1, -0.05) is 42.5 Å². The summed E-state index contributed by atoms with van der Waals surface area (Å²) >= 11 is 0. The number of hydrogen-bond acceptors (Lipinski definition) is 4. The van der Waals surface area contributed by atoms with Gasteiger partial charge < -0.3 is 9.47 Å². The smallest absolute Gasteiger partial charge is 0.216 e. The summed E-state index contributed by atoms with van der Waals surface area (Å²) in [4.78, 5) is 5.49. The lowest BCUT2D eigenvalue weighted by Gasteiger charge is -2.09. The van der Waals surface area contributed by atoms with Gasteiger partial charge in [0.2, 0.25) is 5.88 Å². The molecule has 0 saturated heterocycles. The van der Waals surface area contributed by atoms with Crippen molar-refractivity contribution in [3.8, 4) is 17.2 Å². The Kier molecular flexibility index (Phi) is 4.53. The predicted octanol–water partition coefficient (Wildman–Crippen LogP) is 5.11. The number of hydrogen-bond donors (Lipinski definition) is 1. The molecule has 3 aromatic rings. The Morgan fingerprint density at radius 1 is 0.769 bits per heavy atom. The molecular formula is C21H16FNO3. The fraction of sp³-hybridized carbons (Fsp3) is 0.0476. The van der Waals surface area contributed by atoms with Gasteiger partial charge in [0.1, 0.15) is 17.6 Å². The van der Waals surface area contributed by atoms with Crippen molar-refractivity contribution in [2.45, 2.75) is 6.10 Å². The summed E-state index contributed by atoms with van der Waals surface area (Å²) in [5.41, 5.74) is 3.60. The lowest BCUT2D eigenvalue weighted by atomic mass is 10.1. The third-order valence-corrected chi connectivity index (χ3v) is 3.83. The van der Waals surface area contributed by atoms with Crippen LogP contribution in [0.1, 0.15) is 11.7 Å². The summed E-state index contributed by atoms with van der Waals surface area (Å²) in [7, 11) is 0. The summed E-state index contributed by atoms with van der Waals surface area (Å²) < 4.78 is 24.9. The molecule has 0 saturated carbocycles. The van der Waals surface area contributed by atoms with E-state index in [1.54, 1.807) is 24.3 Å². The Morgan fingerprint density at radius 2 is 1.46 bits per heavy atom. The molecule has 3 aromatic carbocycles. The van der Waals surface area contributed by atoms with E-state index < -0.39 is 5.82 Å². The summed E-state index contributed by atoms with van der Waals surface area (Å²) in [5, 5.41) is 0. The molecule has 1 heterocycles. The maximum atomic E-state index is 13.7. The van der Waals surface area contributed by atoms with Gasteiger partial charge in [-0.05, 0) is 42.0 Å². The van der Waals surface area contributed by atoms with Gasteiger partial charge >= 0.3 is 0 Å². The van der Waals surface area contributed by atoms with E-state index in [0.29, 0.717) is 5.88 Å². The minimum Gasteiger partial charge on any atom is -0.457 e. The van der Waals surface area contributed by atoms with Gasteiger partial charge in [-0.3, -0.25) is 4.84 Å². The van der Waals surface area contributed by atoms with Gasteiger partial charge in [0.05, 0.1) is 0 Å². The van der Waals surface area contributed by atoms with E-state index >= 15 is 0 Å². The number of ether oxygens (including phenoxy) is 2. The highest BCUT2D eigenvalue weighted by molar-refractivity contribution is 5.35. The van der Waals surface area contributed by atoms with E-state index in [-0.39, 0.29) is 11.9 Å². The van der Waals surface area contributed by atoms with Crippen LogP contribution >= 0.6 is 0 Å². The lowest BCUT2D eigenvalue weighted by molar-refractivity contribution is 0.0270. The van der Waals surface area contributed by atoms with Crippen LogP contribution in [0.5, 0.6) is 17.2 Å². The molecular weight excluding hydrogens is 333 g/mol. The average Bonchev–Trinajstić information content (AvgIpc) is 3.14. The van der Waals surface area contributed by atoms with Gasteiger partial charge in [-0.15, -0.1) is 0 Å². The molecule has 0 radical (unpaired) electrons. The summed E-state index contributed by atoms with van der Waals surface area (Å²) in [6.45, 7) is 0. The molecule has 4 rings (SSSR count). The molecule has 1 N–H and O–H groups in total. The molecule has 130 valence electrons. The highest BCUT2D eigenvalue weighted by Crippen LogP contribution is 2.29. The maximum absolute atomic E-state index is 13.7. The van der Waals surface area contributed by atoms with E-state index in [1.165, 1.54) is 6.07 Å². The fourth-order valence-electron chi connectivity index (χ4n) is 2.54. The Morgan fingerprint density at radius 3 is 2.23 bits per heavy atom. The highest BCUT2D eigenvalue weighted by Gasteiger charge is 2.20. The number of rotatable bonds is 5. The quantitative estimate of drug-likeness (QED) is 0.694. The summed E-state index contributed by atoms with van der Waals surface area (Å²) in [6, 6.07) is 23.3. The molecule has 0 spiro atoms. The summed E-state index contributed by atoms with van der Waals surface area (Å²) in [5.74, 6) is 1.57. The molecule has 0 amide bonds. The van der Waals surface area contributed by atoms with Crippen LogP contribution in [0.4, 0.5) is 4.39 Å². The molecule has 0 aliphatic carbocycles. The molecule has 0 unspecified atom stereocenters. The zero-order chi connectivity index (χ0) is 17.8. The molecule has 1 aliphatic heterocycles. The van der Waals surface area contributed by atoms with Crippen molar-refractivity contribution in [3.63, 3.8) is 0 Å². The number of para-hydroxylation sites is 2. The first kappa shape index (κ1) is 16.2. The minimum absolute atomic E-state index is 0.141. The largest absolute Gasteiger partial charge is 0.457 e. The highest BCUT2D eigenvalue weighted by atomic mass is 19.1. The second-order valence-corrected chi connectivity index (χ2v) is 5.69. The first-order chi connectivity index (χ1) is 12.8. The summed E-state index contributed by atoms with van der Waals surface area (Å²) in [6.07, 6.45) is 1.42. The van der Waals surface area contributed by atoms with Crippen LogP contribution in [-0.2, 0) is 4.84 Å². The molecule has 0 fully saturated rings. The zero-order valence-electron chi connectivity index (χ0n) is 13.8. The third-order valence-electron chi connectivity index (χ3n) is 3.83. The first-order valence-corrected chi connectivity index (χ1v) is 8.17. The first-order valence-electron chi connectivity index (χ1n) is 8.17. The number of nitrogens with one attached hydrogen (secondary N) is 1. The third kappa shape index (κ3) is 3.68. The van der Waals surface area contributed by atoms with Gasteiger partial charge in [0, 0.05) is 6.08 Å². The number of hydroxylamine groups is 1. The molecule has 0 aromatic heterocycles. The molecule has 1 aliphatic rings. The molecule has 26 heavy (non-hydrogen) atoms. The van der Waals surface area contributed by atoms with Crippen molar-refractivity contribution < 1.29 is 18.7 Å². The molecule has 0 bridgehead atoms. The van der Waals surface area contributed by atoms with Crippen molar-refractivity contribution in [1.29, 1.82) is 0 Å². The van der Waals surface area contributed by atoms with Crippen LogP contribution < -0.4 is 15.0 Å². The van der Waals surface area contributed by atoms with Crippen LogP contribution in [0.3, 0.4) is 0 Å². The van der Waals surface area contributed by atoms with Gasteiger partial charge in [0.15, 0.2) is 11.6 Å². The topological polar surface area (TPSA) is 39.7 Å². The van der Waals surface area contributed by atoms with E-state index in [0.717, 1.165) is 17.1 Å². The number of benzene rings is 3. The van der Waals surface area contributed by atoms with Crippen LogP contribution in [0, 0.1) is 5.82 Å². The maximum Gasteiger partial charge on any atom is 0.216 e. The fourth-order valence-corrected chi connectivity index (χ4v) is 2.54. The van der Waals surface area contributed by atoms with Crippen molar-refractivity contribution in [1.82, 2.24) is 5.48 Å². The van der Waals surface area contributed by atoms with Gasteiger partial charge in [0.25, 0.3) is 0 Å². The Bertz CT molecular complexity index is 910.